The minimum atomic E-state index is 0.601. The van der Waals surface area contributed by atoms with Gasteiger partial charge >= 0.3 is 0 Å². The Hall–Kier alpha value is -0.830. The number of aromatic nitrogens is 2. The summed E-state index contributed by atoms with van der Waals surface area (Å²) in [5.41, 5.74) is 2.72. The highest BCUT2D eigenvalue weighted by molar-refractivity contribution is 5.25. The van der Waals surface area contributed by atoms with Crippen molar-refractivity contribution in [1.29, 1.82) is 0 Å². The fraction of sp³-hybridized carbons (Fsp3) is 0.727. The molecule has 1 aromatic rings. The Kier molecular flexibility index (Phi) is 2.59. The van der Waals surface area contributed by atoms with Crippen LogP contribution in [0.5, 0.6) is 0 Å². The molecule has 0 aromatic carbocycles. The number of rotatable bonds is 2. The molecule has 2 atom stereocenters. The zero-order chi connectivity index (χ0) is 10.1. The van der Waals surface area contributed by atoms with Crippen molar-refractivity contribution >= 4 is 0 Å². The lowest BCUT2D eigenvalue weighted by Gasteiger charge is -2.14. The fourth-order valence-electron chi connectivity index (χ4n) is 2.42. The normalized spacial score (nSPS) is 27.1. The third kappa shape index (κ3) is 1.57. The van der Waals surface area contributed by atoms with Crippen LogP contribution in [0.4, 0.5) is 0 Å². The molecule has 0 spiro atoms. The van der Waals surface area contributed by atoms with Gasteiger partial charge in [0.25, 0.3) is 0 Å². The van der Waals surface area contributed by atoms with E-state index < -0.39 is 0 Å². The Morgan fingerprint density at radius 2 is 2.43 bits per heavy atom. The minimum Gasteiger partial charge on any atom is -0.314 e. The summed E-state index contributed by atoms with van der Waals surface area (Å²) in [6.07, 6.45) is 4.48. The molecule has 1 aromatic heterocycles. The van der Waals surface area contributed by atoms with Crippen molar-refractivity contribution in [2.24, 2.45) is 7.05 Å². The van der Waals surface area contributed by atoms with Gasteiger partial charge in [-0.1, -0.05) is 6.92 Å². The molecule has 0 radical (unpaired) electrons. The van der Waals surface area contributed by atoms with E-state index in [1.54, 1.807) is 0 Å². The summed E-state index contributed by atoms with van der Waals surface area (Å²) >= 11 is 0. The molecule has 14 heavy (non-hydrogen) atoms. The third-order valence-corrected chi connectivity index (χ3v) is 3.20. The molecule has 1 saturated heterocycles. The van der Waals surface area contributed by atoms with E-state index in [2.05, 4.69) is 30.5 Å². The van der Waals surface area contributed by atoms with Crippen LogP contribution in [0, 0.1) is 0 Å². The van der Waals surface area contributed by atoms with Gasteiger partial charge in [0, 0.05) is 25.2 Å². The Morgan fingerprint density at radius 3 is 3.00 bits per heavy atom. The molecule has 78 valence electrons. The highest BCUT2D eigenvalue weighted by Crippen LogP contribution is 2.29. The summed E-state index contributed by atoms with van der Waals surface area (Å²) in [5.74, 6) is 0.665. The highest BCUT2D eigenvalue weighted by Gasteiger charge is 2.27. The second kappa shape index (κ2) is 3.73. The summed E-state index contributed by atoms with van der Waals surface area (Å²) < 4.78 is 1.94. The maximum Gasteiger partial charge on any atom is 0.0657 e. The van der Waals surface area contributed by atoms with Crippen molar-refractivity contribution in [3.63, 3.8) is 0 Å². The Morgan fingerprint density at radius 1 is 1.64 bits per heavy atom. The summed E-state index contributed by atoms with van der Waals surface area (Å²) in [4.78, 5) is 0. The molecule has 2 rings (SSSR count). The quantitative estimate of drug-likeness (QED) is 0.770. The molecule has 3 heteroatoms. The monoisotopic (exact) mass is 193 g/mol. The second-order valence-corrected chi connectivity index (χ2v) is 4.20. The SMILES string of the molecule is CCc1nn(C)cc1C1CCNC1C. The van der Waals surface area contributed by atoms with Crippen LogP contribution in [-0.4, -0.2) is 22.4 Å². The molecule has 0 bridgehead atoms. The molecule has 1 aliphatic heterocycles. The summed E-state index contributed by atoms with van der Waals surface area (Å²) in [6, 6.07) is 0.601. The highest BCUT2D eigenvalue weighted by atomic mass is 15.3. The first-order chi connectivity index (χ1) is 6.72. The van der Waals surface area contributed by atoms with Crippen LogP contribution < -0.4 is 5.32 Å². The van der Waals surface area contributed by atoms with Crippen molar-refractivity contribution in [3.05, 3.63) is 17.5 Å². The predicted octanol–water partition coefficient (Wildman–Crippen LogP) is 1.45. The number of nitrogens with zero attached hydrogens (tertiary/aromatic N) is 2. The molecular formula is C11H19N3. The molecular weight excluding hydrogens is 174 g/mol. The van der Waals surface area contributed by atoms with Gasteiger partial charge in [0.2, 0.25) is 0 Å². The number of nitrogens with one attached hydrogen (secondary N) is 1. The van der Waals surface area contributed by atoms with Crippen molar-refractivity contribution < 1.29 is 0 Å². The molecule has 1 aliphatic rings. The largest absolute Gasteiger partial charge is 0.314 e. The molecule has 1 fully saturated rings. The molecule has 2 unspecified atom stereocenters. The zero-order valence-corrected chi connectivity index (χ0v) is 9.25. The van der Waals surface area contributed by atoms with Gasteiger partial charge in [-0.3, -0.25) is 4.68 Å². The maximum absolute atomic E-state index is 4.50. The van der Waals surface area contributed by atoms with Crippen molar-refractivity contribution in [2.75, 3.05) is 6.54 Å². The van der Waals surface area contributed by atoms with E-state index >= 15 is 0 Å². The van der Waals surface area contributed by atoms with Gasteiger partial charge in [-0.05, 0) is 31.9 Å². The first kappa shape index (κ1) is 9.71. The smallest absolute Gasteiger partial charge is 0.0657 e. The van der Waals surface area contributed by atoms with Gasteiger partial charge < -0.3 is 5.32 Å². The molecule has 0 saturated carbocycles. The zero-order valence-electron chi connectivity index (χ0n) is 9.25. The number of aryl methyl sites for hydroxylation is 2. The molecule has 0 amide bonds. The first-order valence-corrected chi connectivity index (χ1v) is 5.48. The van der Waals surface area contributed by atoms with Crippen LogP contribution in [-0.2, 0) is 13.5 Å². The van der Waals surface area contributed by atoms with Crippen LogP contribution in [0.25, 0.3) is 0 Å². The van der Waals surface area contributed by atoms with E-state index in [9.17, 15) is 0 Å². The van der Waals surface area contributed by atoms with E-state index in [4.69, 9.17) is 0 Å². The fourth-order valence-corrected chi connectivity index (χ4v) is 2.42. The number of hydrogen-bond acceptors (Lipinski definition) is 2. The third-order valence-electron chi connectivity index (χ3n) is 3.20. The van der Waals surface area contributed by atoms with Gasteiger partial charge in [0.05, 0.1) is 5.69 Å². The van der Waals surface area contributed by atoms with E-state index in [1.807, 2.05) is 11.7 Å². The van der Waals surface area contributed by atoms with Crippen molar-refractivity contribution in [2.45, 2.75) is 38.6 Å². The van der Waals surface area contributed by atoms with Gasteiger partial charge in [-0.2, -0.15) is 5.10 Å². The number of hydrogen-bond donors (Lipinski definition) is 1. The minimum absolute atomic E-state index is 0.601. The molecule has 3 nitrogen and oxygen atoms in total. The van der Waals surface area contributed by atoms with Gasteiger partial charge in [0.1, 0.15) is 0 Å². The average molecular weight is 193 g/mol. The maximum atomic E-state index is 4.50. The Balaban J connectivity index is 2.29. The van der Waals surface area contributed by atoms with Crippen molar-refractivity contribution in [1.82, 2.24) is 15.1 Å². The van der Waals surface area contributed by atoms with Crippen LogP contribution >= 0.6 is 0 Å². The topological polar surface area (TPSA) is 29.9 Å². The Labute approximate surface area is 85.5 Å². The lowest BCUT2D eigenvalue weighted by molar-refractivity contribution is 0.590. The standard InChI is InChI=1S/C11H19N3/c1-4-11-10(7-14(3)13-11)9-5-6-12-8(9)2/h7-9,12H,4-6H2,1-3H3. The van der Waals surface area contributed by atoms with E-state index in [-0.39, 0.29) is 0 Å². The molecule has 0 aliphatic carbocycles. The van der Waals surface area contributed by atoms with Crippen LogP contribution in [0.15, 0.2) is 6.20 Å². The first-order valence-electron chi connectivity index (χ1n) is 5.48. The van der Waals surface area contributed by atoms with Gasteiger partial charge in [-0.25, -0.2) is 0 Å². The van der Waals surface area contributed by atoms with Gasteiger partial charge in [-0.15, -0.1) is 0 Å². The van der Waals surface area contributed by atoms with E-state index in [0.717, 1.165) is 13.0 Å². The lowest BCUT2D eigenvalue weighted by atomic mass is 9.93. The molecule has 1 N–H and O–H groups in total. The summed E-state index contributed by atoms with van der Waals surface area (Å²) in [6.45, 7) is 5.59. The second-order valence-electron chi connectivity index (χ2n) is 4.20. The van der Waals surface area contributed by atoms with Gasteiger partial charge in [0.15, 0.2) is 0 Å². The molecule has 2 heterocycles. The average Bonchev–Trinajstić information content (AvgIpc) is 2.71. The van der Waals surface area contributed by atoms with E-state index in [0.29, 0.717) is 12.0 Å². The van der Waals surface area contributed by atoms with Crippen LogP contribution in [0.1, 0.15) is 37.4 Å². The van der Waals surface area contributed by atoms with Crippen LogP contribution in [0.2, 0.25) is 0 Å². The lowest BCUT2D eigenvalue weighted by Crippen LogP contribution is -2.21. The predicted molar refractivity (Wildman–Crippen MR) is 57.4 cm³/mol. The van der Waals surface area contributed by atoms with Crippen LogP contribution in [0.3, 0.4) is 0 Å². The summed E-state index contributed by atoms with van der Waals surface area (Å²) in [5, 5.41) is 7.99. The van der Waals surface area contributed by atoms with E-state index in [1.165, 1.54) is 17.7 Å². The summed E-state index contributed by atoms with van der Waals surface area (Å²) in [7, 11) is 2.01. The van der Waals surface area contributed by atoms with Crippen molar-refractivity contribution in [3.8, 4) is 0 Å². The Bertz CT molecular complexity index is 316.